The van der Waals surface area contributed by atoms with E-state index in [0.717, 1.165) is 59.7 Å². The molecule has 1 fully saturated rings. The second kappa shape index (κ2) is 7.92. The van der Waals surface area contributed by atoms with Gasteiger partial charge in [0.1, 0.15) is 11.6 Å². The maximum atomic E-state index is 13.3. The van der Waals surface area contributed by atoms with E-state index in [1.54, 1.807) is 19.1 Å². The van der Waals surface area contributed by atoms with Crippen LogP contribution in [0, 0.1) is 5.82 Å². The van der Waals surface area contributed by atoms with Gasteiger partial charge in [0.2, 0.25) is 5.91 Å². The number of hydrogen-bond acceptors (Lipinski definition) is 5. The van der Waals surface area contributed by atoms with Gasteiger partial charge in [-0.1, -0.05) is 0 Å². The minimum Gasteiger partial charge on any atom is -0.340 e. The number of aromatic nitrogens is 5. The van der Waals surface area contributed by atoms with Gasteiger partial charge in [0.05, 0.1) is 17.8 Å². The van der Waals surface area contributed by atoms with E-state index in [2.05, 4.69) is 30.3 Å². The molecule has 9 heteroatoms. The fraction of sp³-hybridized carbons (Fsp3) is 0.273. The number of aromatic amines is 2. The number of rotatable bonds is 4. The van der Waals surface area contributed by atoms with Gasteiger partial charge >= 0.3 is 0 Å². The Labute approximate surface area is 178 Å². The van der Waals surface area contributed by atoms with Crippen LogP contribution in [0.3, 0.4) is 0 Å². The monoisotopic (exact) mass is 419 g/mol. The van der Waals surface area contributed by atoms with Crippen LogP contribution in [-0.4, -0.2) is 67.3 Å². The number of fused-ring (bicyclic) bond motifs is 1. The summed E-state index contributed by atoms with van der Waals surface area (Å²) in [7, 11) is 0. The summed E-state index contributed by atoms with van der Waals surface area (Å²) in [6, 6.07) is 12.2. The Morgan fingerprint density at radius 1 is 1.03 bits per heavy atom. The number of carbonyl (C=O) groups excluding carboxylic acids is 1. The summed E-state index contributed by atoms with van der Waals surface area (Å²) in [4.78, 5) is 18.9. The van der Waals surface area contributed by atoms with E-state index in [-0.39, 0.29) is 11.7 Å². The quantitative estimate of drug-likeness (QED) is 0.531. The van der Waals surface area contributed by atoms with Crippen LogP contribution in [0.1, 0.15) is 12.7 Å². The number of carbonyl (C=O) groups is 1. The van der Waals surface area contributed by atoms with Crippen molar-refractivity contribution in [2.45, 2.75) is 13.5 Å². The van der Waals surface area contributed by atoms with Crippen molar-refractivity contribution in [3.8, 4) is 22.6 Å². The Balaban J connectivity index is 1.36. The lowest BCUT2D eigenvalue weighted by atomic mass is 10.1. The molecule has 2 aromatic heterocycles. The van der Waals surface area contributed by atoms with Gasteiger partial charge in [-0.05, 0) is 42.5 Å². The number of piperazine rings is 1. The van der Waals surface area contributed by atoms with Gasteiger partial charge in [0.25, 0.3) is 0 Å². The molecule has 3 heterocycles. The Hall–Kier alpha value is -3.59. The Bertz CT molecular complexity index is 1220. The molecule has 31 heavy (non-hydrogen) atoms. The second-order valence-corrected chi connectivity index (χ2v) is 7.74. The van der Waals surface area contributed by atoms with Crippen LogP contribution in [0.15, 0.2) is 42.5 Å². The smallest absolute Gasteiger partial charge is 0.219 e. The maximum Gasteiger partial charge on any atom is 0.219 e. The molecule has 5 rings (SSSR count). The van der Waals surface area contributed by atoms with Crippen molar-refractivity contribution in [3.63, 3.8) is 0 Å². The van der Waals surface area contributed by atoms with E-state index in [9.17, 15) is 9.18 Å². The molecule has 0 radical (unpaired) electrons. The molecule has 2 aromatic carbocycles. The molecule has 1 amide bonds. The molecule has 158 valence electrons. The van der Waals surface area contributed by atoms with Crippen molar-refractivity contribution in [1.82, 2.24) is 35.2 Å². The first-order chi connectivity index (χ1) is 15.1. The molecule has 1 aliphatic rings. The molecule has 0 unspecified atom stereocenters. The van der Waals surface area contributed by atoms with Crippen LogP contribution < -0.4 is 0 Å². The van der Waals surface area contributed by atoms with Crippen LogP contribution >= 0.6 is 0 Å². The van der Waals surface area contributed by atoms with E-state index in [1.165, 1.54) is 12.1 Å². The zero-order valence-corrected chi connectivity index (χ0v) is 17.1. The zero-order valence-electron chi connectivity index (χ0n) is 17.1. The predicted molar refractivity (Wildman–Crippen MR) is 114 cm³/mol. The topological polar surface area (TPSA) is 93.8 Å². The highest BCUT2D eigenvalue weighted by Crippen LogP contribution is 2.29. The van der Waals surface area contributed by atoms with Crippen molar-refractivity contribution < 1.29 is 9.18 Å². The van der Waals surface area contributed by atoms with E-state index in [4.69, 9.17) is 0 Å². The van der Waals surface area contributed by atoms with Gasteiger partial charge in [-0.3, -0.25) is 14.8 Å². The van der Waals surface area contributed by atoms with Crippen molar-refractivity contribution in [1.29, 1.82) is 0 Å². The van der Waals surface area contributed by atoms with Crippen LogP contribution in [0.2, 0.25) is 0 Å². The third kappa shape index (κ3) is 3.91. The number of hydrogen-bond donors (Lipinski definition) is 2. The summed E-state index contributed by atoms with van der Waals surface area (Å²) in [6.07, 6.45) is 0. The summed E-state index contributed by atoms with van der Waals surface area (Å²) >= 11 is 0. The van der Waals surface area contributed by atoms with E-state index >= 15 is 0 Å². The minimum atomic E-state index is -0.277. The molecule has 2 N–H and O–H groups in total. The maximum absolute atomic E-state index is 13.3. The van der Waals surface area contributed by atoms with Gasteiger partial charge in [-0.15, -0.1) is 10.2 Å². The molecule has 0 atom stereocenters. The molecule has 4 aromatic rings. The molecule has 8 nitrogen and oxygen atoms in total. The molecular formula is C22H22FN7O. The highest BCUT2D eigenvalue weighted by atomic mass is 19.1. The lowest BCUT2D eigenvalue weighted by molar-refractivity contribution is -0.130. The predicted octanol–water partition coefficient (Wildman–Crippen LogP) is 2.82. The first-order valence-corrected chi connectivity index (χ1v) is 10.2. The zero-order chi connectivity index (χ0) is 21.4. The fourth-order valence-electron chi connectivity index (χ4n) is 3.92. The fourth-order valence-corrected chi connectivity index (χ4v) is 3.92. The van der Waals surface area contributed by atoms with Gasteiger partial charge in [-0.2, -0.15) is 5.10 Å². The average Bonchev–Trinajstić information content (AvgIpc) is 3.41. The van der Waals surface area contributed by atoms with Crippen molar-refractivity contribution in [2.75, 3.05) is 26.2 Å². The van der Waals surface area contributed by atoms with Crippen LogP contribution in [0.25, 0.3) is 33.5 Å². The molecule has 1 aliphatic heterocycles. The van der Waals surface area contributed by atoms with Crippen LogP contribution in [-0.2, 0) is 11.3 Å². The lowest BCUT2D eigenvalue weighted by Gasteiger charge is -2.33. The highest BCUT2D eigenvalue weighted by Gasteiger charge is 2.20. The van der Waals surface area contributed by atoms with E-state index < -0.39 is 0 Å². The van der Waals surface area contributed by atoms with Crippen molar-refractivity contribution in [2.24, 2.45) is 0 Å². The molecule has 1 saturated heterocycles. The normalized spacial score (nSPS) is 15.0. The third-order valence-corrected chi connectivity index (χ3v) is 5.68. The molecular weight excluding hydrogens is 397 g/mol. The number of nitrogens with zero attached hydrogens (tertiary/aromatic N) is 5. The summed E-state index contributed by atoms with van der Waals surface area (Å²) in [6.45, 7) is 5.37. The molecule has 0 aliphatic carbocycles. The molecule has 0 bridgehead atoms. The Kier molecular flexibility index (Phi) is 4.95. The summed E-state index contributed by atoms with van der Waals surface area (Å²) < 4.78 is 13.3. The Morgan fingerprint density at radius 2 is 1.77 bits per heavy atom. The van der Waals surface area contributed by atoms with E-state index in [1.807, 2.05) is 23.1 Å². The van der Waals surface area contributed by atoms with E-state index in [0.29, 0.717) is 12.4 Å². The van der Waals surface area contributed by atoms with Crippen LogP contribution in [0.4, 0.5) is 4.39 Å². The first kappa shape index (κ1) is 19.4. The third-order valence-electron chi connectivity index (χ3n) is 5.68. The second-order valence-electron chi connectivity index (χ2n) is 7.74. The van der Waals surface area contributed by atoms with Gasteiger partial charge in [-0.25, -0.2) is 4.39 Å². The number of H-pyrrole nitrogens is 2. The first-order valence-electron chi connectivity index (χ1n) is 10.2. The number of nitrogens with one attached hydrogen (secondary N) is 2. The SMILES string of the molecule is CC(=O)N1CCN(Cc2nnc(-c3ccc4[nH]nc(-c5ccc(F)cc5)c4c3)[nH]2)CC1. The summed E-state index contributed by atoms with van der Waals surface area (Å²) in [5.74, 6) is 1.32. The standard InChI is InChI=1S/C22H22FN7O/c1-14(31)30-10-8-29(9-11-30)13-20-24-22(28-26-20)16-4-7-19-18(12-16)21(27-25-19)15-2-5-17(23)6-3-15/h2-7,12H,8-11,13H2,1H3,(H,25,27)(H,24,26,28). The number of amides is 1. The van der Waals surface area contributed by atoms with Crippen molar-refractivity contribution in [3.05, 3.63) is 54.1 Å². The lowest BCUT2D eigenvalue weighted by Crippen LogP contribution is -2.47. The number of halogens is 1. The average molecular weight is 419 g/mol. The summed E-state index contributed by atoms with van der Waals surface area (Å²) in [5, 5.41) is 17.0. The summed E-state index contributed by atoms with van der Waals surface area (Å²) in [5.41, 5.74) is 3.40. The Morgan fingerprint density at radius 3 is 2.52 bits per heavy atom. The highest BCUT2D eigenvalue weighted by molar-refractivity contribution is 5.95. The van der Waals surface area contributed by atoms with Crippen molar-refractivity contribution >= 4 is 16.8 Å². The van der Waals surface area contributed by atoms with Crippen LogP contribution in [0.5, 0.6) is 0 Å². The molecule has 0 spiro atoms. The van der Waals surface area contributed by atoms with Gasteiger partial charge < -0.3 is 9.88 Å². The molecule has 0 saturated carbocycles. The van der Waals surface area contributed by atoms with Gasteiger partial charge in [0, 0.05) is 49.6 Å². The van der Waals surface area contributed by atoms with Gasteiger partial charge in [0.15, 0.2) is 5.82 Å². The minimum absolute atomic E-state index is 0.122. The largest absolute Gasteiger partial charge is 0.340 e. The number of benzene rings is 2.